The van der Waals surface area contributed by atoms with Crippen LogP contribution < -0.4 is 14.8 Å². The van der Waals surface area contributed by atoms with E-state index in [-0.39, 0.29) is 18.0 Å². The minimum atomic E-state index is -0.562. The van der Waals surface area contributed by atoms with Gasteiger partial charge in [-0.25, -0.2) is 4.39 Å². The summed E-state index contributed by atoms with van der Waals surface area (Å²) in [6.45, 7) is 0.00901. The summed E-state index contributed by atoms with van der Waals surface area (Å²) < 4.78 is 25.5. The van der Waals surface area contributed by atoms with Crippen LogP contribution in [0.2, 0.25) is 0 Å². The van der Waals surface area contributed by atoms with Crippen molar-refractivity contribution in [3.8, 4) is 17.6 Å². The Morgan fingerprint density at radius 3 is 2.58 bits per heavy atom. The summed E-state index contributed by atoms with van der Waals surface area (Å²) in [6, 6.07) is 20.2. The maximum absolute atomic E-state index is 13.9. The first kappa shape index (κ1) is 22.1. The maximum Gasteiger partial charge on any atom is 0.266 e. The molecule has 0 saturated carbocycles. The minimum absolute atomic E-state index is 0.00901. The number of carbonyl (C=O) groups excluding carboxylic acids is 1. The molecule has 3 rings (SSSR count). The zero-order chi connectivity index (χ0) is 22.2. The Balaban J connectivity index is 1.82. The normalized spacial score (nSPS) is 10.8. The molecule has 5 nitrogen and oxygen atoms in total. The monoisotopic (exact) mass is 480 g/mol. The molecule has 0 spiro atoms. The van der Waals surface area contributed by atoms with Crippen LogP contribution in [0.3, 0.4) is 0 Å². The third-order valence-electron chi connectivity index (χ3n) is 4.33. The number of hydrogen-bond donors (Lipinski definition) is 1. The molecule has 3 aromatic carbocycles. The molecule has 1 N–H and O–H groups in total. The lowest BCUT2D eigenvalue weighted by Crippen LogP contribution is -2.13. The molecule has 1 amide bonds. The van der Waals surface area contributed by atoms with E-state index in [0.717, 1.165) is 4.47 Å². The van der Waals surface area contributed by atoms with Crippen molar-refractivity contribution >= 4 is 33.6 Å². The van der Waals surface area contributed by atoms with E-state index >= 15 is 0 Å². The summed E-state index contributed by atoms with van der Waals surface area (Å²) in [6.07, 6.45) is 1.43. The molecule has 0 aromatic heterocycles. The smallest absolute Gasteiger partial charge is 0.266 e. The van der Waals surface area contributed by atoms with Gasteiger partial charge >= 0.3 is 0 Å². The van der Waals surface area contributed by atoms with Gasteiger partial charge < -0.3 is 14.8 Å². The average Bonchev–Trinajstić information content (AvgIpc) is 2.78. The van der Waals surface area contributed by atoms with Crippen LogP contribution in [-0.2, 0) is 11.4 Å². The second-order valence-electron chi connectivity index (χ2n) is 6.41. The molecule has 7 heteroatoms. The summed E-state index contributed by atoms with van der Waals surface area (Å²) in [5.41, 5.74) is 1.33. The van der Waals surface area contributed by atoms with Crippen LogP contribution in [0.4, 0.5) is 10.1 Å². The predicted octanol–water partition coefficient (Wildman–Crippen LogP) is 5.72. The summed E-state index contributed by atoms with van der Waals surface area (Å²) in [7, 11) is 1.55. The SMILES string of the molecule is COc1ccc(NC(=O)/C(C#N)=C/c2cc(Br)ccc2OCc2ccccc2F)cc1. The molecule has 0 aliphatic carbocycles. The standard InChI is InChI=1S/C24H18BrFN2O3/c1-30-21-9-7-20(8-10-21)28-24(29)18(14-27)12-17-13-19(25)6-11-23(17)31-15-16-4-2-3-5-22(16)26/h2-13H,15H2,1H3,(H,28,29)/b18-12+. The quantitative estimate of drug-likeness (QED) is 0.346. The van der Waals surface area contributed by atoms with Gasteiger partial charge in [-0.1, -0.05) is 34.1 Å². The number of amides is 1. The molecular formula is C24H18BrFN2O3. The molecule has 0 aliphatic rings. The Kier molecular flexibility index (Phi) is 7.41. The molecule has 31 heavy (non-hydrogen) atoms. The van der Waals surface area contributed by atoms with E-state index in [9.17, 15) is 14.4 Å². The van der Waals surface area contributed by atoms with E-state index in [4.69, 9.17) is 9.47 Å². The van der Waals surface area contributed by atoms with Crippen LogP contribution in [0.25, 0.3) is 6.08 Å². The van der Waals surface area contributed by atoms with Gasteiger partial charge in [-0.3, -0.25) is 4.79 Å². The zero-order valence-electron chi connectivity index (χ0n) is 16.6. The van der Waals surface area contributed by atoms with Gasteiger partial charge in [-0.05, 0) is 54.6 Å². The van der Waals surface area contributed by atoms with Crippen molar-refractivity contribution in [3.63, 3.8) is 0 Å². The van der Waals surface area contributed by atoms with Gasteiger partial charge in [-0.2, -0.15) is 5.26 Å². The molecule has 0 bridgehead atoms. The second-order valence-corrected chi connectivity index (χ2v) is 7.33. The lowest BCUT2D eigenvalue weighted by Gasteiger charge is -2.11. The van der Waals surface area contributed by atoms with E-state index in [0.29, 0.717) is 28.3 Å². The molecular weight excluding hydrogens is 463 g/mol. The highest BCUT2D eigenvalue weighted by Crippen LogP contribution is 2.27. The first-order valence-corrected chi connectivity index (χ1v) is 10.0. The molecule has 0 unspecified atom stereocenters. The van der Waals surface area contributed by atoms with E-state index in [1.54, 1.807) is 67.8 Å². The number of ether oxygens (including phenoxy) is 2. The van der Waals surface area contributed by atoms with Crippen molar-refractivity contribution in [1.29, 1.82) is 5.26 Å². The van der Waals surface area contributed by atoms with E-state index in [1.807, 2.05) is 6.07 Å². The van der Waals surface area contributed by atoms with Gasteiger partial charge in [0.1, 0.15) is 35.6 Å². The lowest BCUT2D eigenvalue weighted by atomic mass is 10.1. The van der Waals surface area contributed by atoms with Gasteiger partial charge in [0.2, 0.25) is 0 Å². The number of hydrogen-bond acceptors (Lipinski definition) is 4. The molecule has 0 fully saturated rings. The van der Waals surface area contributed by atoms with Crippen LogP contribution in [-0.4, -0.2) is 13.0 Å². The summed E-state index contributed by atoms with van der Waals surface area (Å²) in [5, 5.41) is 12.2. The highest BCUT2D eigenvalue weighted by molar-refractivity contribution is 9.10. The second kappa shape index (κ2) is 10.4. The fourth-order valence-electron chi connectivity index (χ4n) is 2.71. The third kappa shape index (κ3) is 5.93. The van der Waals surface area contributed by atoms with Gasteiger partial charge in [0, 0.05) is 21.3 Å². The van der Waals surface area contributed by atoms with Crippen LogP contribution in [0, 0.1) is 17.1 Å². The number of halogens is 2. The third-order valence-corrected chi connectivity index (χ3v) is 4.82. The van der Waals surface area contributed by atoms with Crippen LogP contribution in [0.1, 0.15) is 11.1 Å². The van der Waals surface area contributed by atoms with Gasteiger partial charge in [0.05, 0.1) is 7.11 Å². The van der Waals surface area contributed by atoms with Crippen molar-refractivity contribution in [3.05, 3.63) is 93.7 Å². The molecule has 0 radical (unpaired) electrons. The Labute approximate surface area is 187 Å². The predicted molar refractivity (Wildman–Crippen MR) is 120 cm³/mol. The molecule has 0 atom stereocenters. The van der Waals surface area contributed by atoms with Crippen LogP contribution in [0.5, 0.6) is 11.5 Å². The van der Waals surface area contributed by atoms with E-state index in [2.05, 4.69) is 21.2 Å². The fourth-order valence-corrected chi connectivity index (χ4v) is 3.09. The first-order chi connectivity index (χ1) is 15.0. The number of rotatable bonds is 7. The Hall–Kier alpha value is -3.63. The molecule has 0 heterocycles. The summed E-state index contributed by atoms with van der Waals surface area (Å²) in [4.78, 5) is 12.6. The Morgan fingerprint density at radius 1 is 1.16 bits per heavy atom. The summed E-state index contributed by atoms with van der Waals surface area (Å²) >= 11 is 3.38. The van der Waals surface area contributed by atoms with Crippen molar-refractivity contribution < 1.29 is 18.7 Å². The van der Waals surface area contributed by atoms with Crippen molar-refractivity contribution in [2.45, 2.75) is 6.61 Å². The first-order valence-electron chi connectivity index (χ1n) is 9.23. The van der Waals surface area contributed by atoms with Crippen molar-refractivity contribution in [1.82, 2.24) is 0 Å². The topological polar surface area (TPSA) is 71.3 Å². The minimum Gasteiger partial charge on any atom is -0.497 e. The molecule has 0 saturated heterocycles. The number of benzene rings is 3. The molecule has 3 aromatic rings. The number of nitrogens with one attached hydrogen (secondary N) is 1. The molecule has 156 valence electrons. The number of nitrogens with zero attached hydrogens (tertiary/aromatic N) is 1. The Morgan fingerprint density at radius 2 is 1.90 bits per heavy atom. The van der Waals surface area contributed by atoms with Crippen LogP contribution >= 0.6 is 15.9 Å². The van der Waals surface area contributed by atoms with E-state index < -0.39 is 5.91 Å². The van der Waals surface area contributed by atoms with Crippen molar-refractivity contribution in [2.75, 3.05) is 12.4 Å². The maximum atomic E-state index is 13.9. The largest absolute Gasteiger partial charge is 0.497 e. The average molecular weight is 481 g/mol. The van der Waals surface area contributed by atoms with Crippen LogP contribution in [0.15, 0.2) is 76.8 Å². The van der Waals surface area contributed by atoms with Gasteiger partial charge in [0.15, 0.2) is 0 Å². The fraction of sp³-hybridized carbons (Fsp3) is 0.0833. The highest BCUT2D eigenvalue weighted by atomic mass is 79.9. The Bertz CT molecular complexity index is 1150. The molecule has 0 aliphatic heterocycles. The summed E-state index contributed by atoms with van der Waals surface area (Å²) in [5.74, 6) is 0.136. The lowest BCUT2D eigenvalue weighted by molar-refractivity contribution is -0.112. The number of nitriles is 1. The van der Waals surface area contributed by atoms with Crippen molar-refractivity contribution in [2.24, 2.45) is 0 Å². The zero-order valence-corrected chi connectivity index (χ0v) is 18.1. The number of anilines is 1. The highest BCUT2D eigenvalue weighted by Gasteiger charge is 2.13. The van der Waals surface area contributed by atoms with Gasteiger partial charge in [0.25, 0.3) is 5.91 Å². The number of carbonyl (C=O) groups is 1. The number of methoxy groups -OCH3 is 1. The van der Waals surface area contributed by atoms with E-state index in [1.165, 1.54) is 12.1 Å². The van der Waals surface area contributed by atoms with Gasteiger partial charge in [-0.15, -0.1) is 0 Å².